The minimum Gasteiger partial charge on any atom is -0.480 e. The molecule has 108 valence electrons. The van der Waals surface area contributed by atoms with E-state index in [1.54, 1.807) is 0 Å². The number of amides is 1. The second kappa shape index (κ2) is 5.16. The van der Waals surface area contributed by atoms with Crippen LogP contribution in [0.1, 0.15) is 12.0 Å². The maximum Gasteiger partial charge on any atom is 0.325 e. The Morgan fingerprint density at radius 3 is 2.65 bits per heavy atom. The van der Waals surface area contributed by atoms with Gasteiger partial charge in [-0.15, -0.1) is 0 Å². The van der Waals surface area contributed by atoms with Crippen molar-refractivity contribution in [2.45, 2.75) is 18.4 Å². The molecule has 0 bridgehead atoms. The van der Waals surface area contributed by atoms with Crippen molar-refractivity contribution in [1.82, 2.24) is 4.90 Å². The summed E-state index contributed by atoms with van der Waals surface area (Å²) in [6, 6.07) is 2.97. The Hall–Kier alpha value is -2.02. The third kappa shape index (κ3) is 2.77. The van der Waals surface area contributed by atoms with Crippen LogP contribution in [0.25, 0.3) is 0 Å². The Morgan fingerprint density at radius 2 is 2.10 bits per heavy atom. The third-order valence-corrected chi connectivity index (χ3v) is 3.44. The van der Waals surface area contributed by atoms with Gasteiger partial charge in [0.15, 0.2) is 0 Å². The molecule has 7 heteroatoms. The minimum atomic E-state index is -1.45. The summed E-state index contributed by atoms with van der Waals surface area (Å²) < 4.78 is 26.2. The zero-order valence-corrected chi connectivity index (χ0v) is 10.6. The molecule has 3 N–H and O–H groups in total. The van der Waals surface area contributed by atoms with E-state index in [4.69, 9.17) is 10.8 Å². The van der Waals surface area contributed by atoms with E-state index in [1.165, 1.54) is 11.0 Å². The predicted octanol–water partition coefficient (Wildman–Crippen LogP) is 0.522. The van der Waals surface area contributed by atoms with Gasteiger partial charge in [-0.1, -0.05) is 6.07 Å². The molecule has 1 fully saturated rings. The Labute approximate surface area is 114 Å². The smallest absolute Gasteiger partial charge is 0.325 e. The second-order valence-electron chi connectivity index (χ2n) is 4.94. The standard InChI is InChI=1S/C13H14F2N2O3/c14-9-2-1-8(10(15)6-9)5-11(18)17-4-3-13(16,7-17)12(19)20/h1-2,6H,3-5,7,16H2,(H,19,20). The molecule has 2 rings (SSSR count). The molecule has 0 radical (unpaired) electrons. The summed E-state index contributed by atoms with van der Waals surface area (Å²) in [5, 5.41) is 8.97. The highest BCUT2D eigenvalue weighted by Gasteiger charge is 2.42. The fourth-order valence-corrected chi connectivity index (χ4v) is 2.16. The highest BCUT2D eigenvalue weighted by Crippen LogP contribution is 2.20. The lowest BCUT2D eigenvalue weighted by atomic mass is 10.0. The molecule has 1 aromatic rings. The van der Waals surface area contributed by atoms with Crippen LogP contribution in [0.2, 0.25) is 0 Å². The average molecular weight is 284 g/mol. The Bertz CT molecular complexity index is 565. The highest BCUT2D eigenvalue weighted by molar-refractivity contribution is 5.84. The first-order valence-corrected chi connectivity index (χ1v) is 6.06. The second-order valence-corrected chi connectivity index (χ2v) is 4.94. The number of carbonyl (C=O) groups excluding carboxylic acids is 1. The van der Waals surface area contributed by atoms with Crippen molar-refractivity contribution in [3.8, 4) is 0 Å². The van der Waals surface area contributed by atoms with Crippen LogP contribution in [0.3, 0.4) is 0 Å². The van der Waals surface area contributed by atoms with Crippen molar-refractivity contribution in [3.63, 3.8) is 0 Å². The Morgan fingerprint density at radius 1 is 1.40 bits per heavy atom. The number of carboxylic acids is 1. The van der Waals surface area contributed by atoms with Crippen LogP contribution in [-0.2, 0) is 16.0 Å². The number of benzene rings is 1. The molecule has 20 heavy (non-hydrogen) atoms. The maximum atomic E-state index is 13.4. The summed E-state index contributed by atoms with van der Waals surface area (Å²) in [6.07, 6.45) is -0.0955. The van der Waals surface area contributed by atoms with Gasteiger partial charge in [0.25, 0.3) is 0 Å². The summed E-state index contributed by atoms with van der Waals surface area (Å²) in [5.74, 6) is -3.11. The number of hydrogen-bond acceptors (Lipinski definition) is 3. The van der Waals surface area contributed by atoms with Gasteiger partial charge in [0.1, 0.15) is 17.2 Å². The van der Waals surface area contributed by atoms with Crippen LogP contribution in [0.5, 0.6) is 0 Å². The summed E-state index contributed by atoms with van der Waals surface area (Å²) in [7, 11) is 0. The van der Waals surface area contributed by atoms with Gasteiger partial charge in [-0.2, -0.15) is 0 Å². The topological polar surface area (TPSA) is 83.6 Å². The molecule has 0 aromatic heterocycles. The van der Waals surface area contributed by atoms with Gasteiger partial charge in [-0.25, -0.2) is 8.78 Å². The highest BCUT2D eigenvalue weighted by atomic mass is 19.1. The SMILES string of the molecule is NC1(C(=O)O)CCN(C(=O)Cc2ccc(F)cc2F)C1. The van der Waals surface area contributed by atoms with Crippen molar-refractivity contribution in [2.24, 2.45) is 5.73 Å². The molecule has 0 aliphatic carbocycles. The number of carboxylic acid groups (broad SMARTS) is 1. The van der Waals surface area contributed by atoms with Gasteiger partial charge in [0.05, 0.1) is 6.42 Å². The van der Waals surface area contributed by atoms with Gasteiger partial charge >= 0.3 is 5.97 Å². The fraction of sp³-hybridized carbons (Fsp3) is 0.385. The van der Waals surface area contributed by atoms with Crippen LogP contribution >= 0.6 is 0 Å². The Balaban J connectivity index is 2.05. The molecule has 1 aliphatic heterocycles. The first kappa shape index (κ1) is 14.4. The van der Waals surface area contributed by atoms with E-state index in [2.05, 4.69) is 0 Å². The number of nitrogens with zero attached hydrogens (tertiary/aromatic N) is 1. The van der Waals surface area contributed by atoms with Gasteiger partial charge in [-0.05, 0) is 18.1 Å². The molecule has 1 aromatic carbocycles. The maximum absolute atomic E-state index is 13.4. The number of rotatable bonds is 3. The minimum absolute atomic E-state index is 0.0706. The summed E-state index contributed by atoms with van der Waals surface area (Å²) in [5.41, 5.74) is 4.28. The van der Waals surface area contributed by atoms with Crippen molar-refractivity contribution < 1.29 is 23.5 Å². The van der Waals surface area contributed by atoms with Crippen molar-refractivity contribution in [3.05, 3.63) is 35.4 Å². The molecule has 1 aliphatic rings. The molecule has 1 amide bonds. The number of hydrogen-bond donors (Lipinski definition) is 2. The molecule has 1 heterocycles. The van der Waals surface area contributed by atoms with Gasteiger partial charge in [0.2, 0.25) is 5.91 Å². The number of nitrogens with two attached hydrogens (primary N) is 1. The zero-order valence-electron chi connectivity index (χ0n) is 10.6. The first-order valence-electron chi connectivity index (χ1n) is 6.06. The van der Waals surface area contributed by atoms with E-state index >= 15 is 0 Å². The zero-order chi connectivity index (χ0) is 14.9. The summed E-state index contributed by atoms with van der Waals surface area (Å²) in [4.78, 5) is 24.2. The van der Waals surface area contributed by atoms with Crippen molar-refractivity contribution in [2.75, 3.05) is 13.1 Å². The van der Waals surface area contributed by atoms with Crippen molar-refractivity contribution in [1.29, 1.82) is 0 Å². The average Bonchev–Trinajstić information content (AvgIpc) is 2.77. The van der Waals surface area contributed by atoms with Crippen LogP contribution in [0, 0.1) is 11.6 Å². The normalized spacial score (nSPS) is 22.1. The van der Waals surface area contributed by atoms with Crippen LogP contribution in [0.15, 0.2) is 18.2 Å². The van der Waals surface area contributed by atoms with E-state index in [0.29, 0.717) is 6.07 Å². The third-order valence-electron chi connectivity index (χ3n) is 3.44. The number of aliphatic carboxylic acids is 1. The fourth-order valence-electron chi connectivity index (χ4n) is 2.16. The number of likely N-dealkylation sites (tertiary alicyclic amines) is 1. The molecule has 0 saturated carbocycles. The molecule has 5 nitrogen and oxygen atoms in total. The van der Waals surface area contributed by atoms with Crippen LogP contribution in [0.4, 0.5) is 8.78 Å². The Kier molecular flexibility index (Phi) is 3.71. The molecule has 1 unspecified atom stereocenters. The van der Waals surface area contributed by atoms with E-state index < -0.39 is 29.0 Å². The van der Waals surface area contributed by atoms with Crippen LogP contribution < -0.4 is 5.73 Å². The molecule has 0 spiro atoms. The molecule has 1 saturated heterocycles. The first-order chi connectivity index (χ1) is 9.32. The van der Waals surface area contributed by atoms with Gasteiger partial charge in [0, 0.05) is 19.2 Å². The lowest BCUT2D eigenvalue weighted by molar-refractivity contribution is -0.143. The van der Waals surface area contributed by atoms with E-state index in [1.807, 2.05) is 0 Å². The van der Waals surface area contributed by atoms with Crippen molar-refractivity contribution >= 4 is 11.9 Å². The van der Waals surface area contributed by atoms with Crippen LogP contribution in [-0.4, -0.2) is 40.5 Å². The quantitative estimate of drug-likeness (QED) is 0.847. The summed E-state index contributed by atoms with van der Waals surface area (Å²) in [6.45, 7) is 0.106. The predicted molar refractivity (Wildman–Crippen MR) is 65.8 cm³/mol. The van der Waals surface area contributed by atoms with E-state index in [-0.39, 0.29) is 31.5 Å². The molecule has 1 atom stereocenters. The lowest BCUT2D eigenvalue weighted by Crippen LogP contribution is -2.50. The molecular formula is C13H14F2N2O3. The van der Waals surface area contributed by atoms with E-state index in [9.17, 15) is 18.4 Å². The summed E-state index contributed by atoms with van der Waals surface area (Å²) >= 11 is 0. The van der Waals surface area contributed by atoms with Gasteiger partial charge < -0.3 is 15.7 Å². The lowest BCUT2D eigenvalue weighted by Gasteiger charge is -2.20. The van der Waals surface area contributed by atoms with E-state index in [0.717, 1.165) is 6.07 Å². The number of halogens is 2. The monoisotopic (exact) mass is 284 g/mol. The largest absolute Gasteiger partial charge is 0.480 e. The number of carbonyl (C=O) groups is 2. The molecular weight excluding hydrogens is 270 g/mol. The van der Waals surface area contributed by atoms with Gasteiger partial charge in [-0.3, -0.25) is 9.59 Å².